The van der Waals surface area contributed by atoms with Crippen molar-refractivity contribution in [1.29, 1.82) is 0 Å². The molecule has 4 aromatic carbocycles. The summed E-state index contributed by atoms with van der Waals surface area (Å²) in [5.74, 6) is -0.674. The van der Waals surface area contributed by atoms with E-state index in [1.807, 2.05) is 171 Å². The first-order valence-electron chi connectivity index (χ1n) is 46.6. The lowest BCUT2D eigenvalue weighted by atomic mass is 9.97. The molecule has 12 heterocycles. The van der Waals surface area contributed by atoms with Crippen molar-refractivity contribution in [2.45, 2.75) is 224 Å². The van der Waals surface area contributed by atoms with Crippen molar-refractivity contribution in [2.75, 3.05) is 108 Å². The maximum absolute atomic E-state index is 12.9. The van der Waals surface area contributed by atoms with Gasteiger partial charge in [-0.1, -0.05) is 91.7 Å². The second-order valence-corrected chi connectivity index (χ2v) is 50.1. The first-order chi connectivity index (χ1) is 67.7. The summed E-state index contributed by atoms with van der Waals surface area (Å²) < 4.78 is 45.4. The van der Waals surface area contributed by atoms with Gasteiger partial charge in [-0.05, 0) is 244 Å². The number of carbonyl (C=O) groups excluding carboxylic acids is 8. The zero-order valence-corrected chi connectivity index (χ0v) is 96.5. The fourth-order valence-corrected chi connectivity index (χ4v) is 26.7. The van der Waals surface area contributed by atoms with Gasteiger partial charge in [0.1, 0.15) is 62.4 Å². The quantitative estimate of drug-likeness (QED) is 0.0168. The van der Waals surface area contributed by atoms with E-state index in [1.54, 1.807) is 86.3 Å². The summed E-state index contributed by atoms with van der Waals surface area (Å²) in [7, 11) is 4.94. The van der Waals surface area contributed by atoms with Crippen LogP contribution in [0.25, 0.3) is 83.2 Å². The van der Waals surface area contributed by atoms with Crippen molar-refractivity contribution in [3.05, 3.63) is 158 Å². The largest absolute Gasteiger partial charge is 0.444 e. The van der Waals surface area contributed by atoms with E-state index in [1.165, 1.54) is 57.5 Å². The lowest BCUT2D eigenvalue weighted by Gasteiger charge is -2.35. The maximum atomic E-state index is 12.9. The molecular formula is C103H131Br4N15O15S8. The number of nitrogens with one attached hydrogen (secondary N) is 6. The fourth-order valence-electron chi connectivity index (χ4n) is 15.8. The maximum Gasteiger partial charge on any atom is 0.410 e. The zero-order chi connectivity index (χ0) is 104. The number of ether oxygens (including phenoxy) is 7. The molecule has 30 nitrogen and oxygen atoms in total. The predicted molar refractivity (Wildman–Crippen MR) is 611 cm³/mol. The Morgan fingerprint density at radius 2 is 0.690 bits per heavy atom. The van der Waals surface area contributed by atoms with Crippen LogP contribution in [-0.4, -0.2) is 209 Å². The van der Waals surface area contributed by atoms with Gasteiger partial charge in [-0.25, -0.2) is 39.1 Å². The van der Waals surface area contributed by atoms with Crippen LogP contribution >= 0.6 is 154 Å². The number of amides is 8. The van der Waals surface area contributed by atoms with Gasteiger partial charge in [-0.2, -0.15) is 0 Å². The lowest BCUT2D eigenvalue weighted by Crippen LogP contribution is -2.44. The van der Waals surface area contributed by atoms with Crippen LogP contribution in [0, 0.1) is 0 Å². The molecule has 4 aliphatic rings. The molecule has 0 saturated heterocycles. The molecule has 16 rings (SSSR count). The molecule has 12 aromatic rings. The summed E-state index contributed by atoms with van der Waals surface area (Å²) in [5, 5.41) is 25.1. The fraction of sp³-hybridized carbons (Fsp3) is 0.456. The average Bonchev–Trinajstić information content (AvgIpc) is 1.62. The highest BCUT2D eigenvalue weighted by molar-refractivity contribution is 9.11. The van der Waals surface area contributed by atoms with Gasteiger partial charge >= 0.3 is 24.4 Å². The number of hydrogen-bond donors (Lipinski definition) is 7. The summed E-state index contributed by atoms with van der Waals surface area (Å²) in [5.41, 5.74) is 14.7. The molecular weight excluding hydrogens is 2260 g/mol. The van der Waals surface area contributed by atoms with E-state index in [2.05, 4.69) is 126 Å². The standard InChI is InChI=1S/2C26H33BrN4O4S2.2C23H24BrN3O3S2.C3H9NO.2CH4/c1-15-22-17(9-12-31(15)25(33)35-26(2,3)4)21(23-29-18-14-16(27)6-7-19(18)36-23)24(37-22)30-20(32)8-10-28-11-13-34-5;1-15-12-17-20(14-31(15)25(33)35-26(2,3)4)37-24(30-21(32)8-9-28-10-11-34-5)22(17)23-29-18-13-16(27)6-7-19(18)36-23;1-6-18(28)26-21-19(20-25-15-10-13(24)7-8-16(15)31-20)14-9-12(2)27(11-17(14)32-21)22(29)30-23(3,4)5;1-6-17(28)26-21-18(20-25-15-11-13(24)7-8-16(15)31-20)14-9-10-27(12(2)19(14)32-21)22(29)30-23(3,4)5;1-5-3-2-4;;/h6-7,14-15,28H,8-13H2,1-5H3,(H,30,32);6-7,13,15,28H,8-12,14H2,1-5H3,(H,30,32);6-8,10,12H,1,9,11H2,2-5H3,(H,26,28);6-8,11-12H,1,9-10H2,2-5H3,(H,26,28);2-4H2,1H3;2*1H4. The number of rotatable bonds is 24. The summed E-state index contributed by atoms with van der Waals surface area (Å²) in [6, 6.07) is 23.7. The lowest BCUT2D eigenvalue weighted by molar-refractivity contribution is -0.116. The Labute approximate surface area is 914 Å². The van der Waals surface area contributed by atoms with Crippen molar-refractivity contribution in [3.8, 4) is 42.3 Å². The Hall–Kier alpha value is -8.64. The molecule has 145 heavy (non-hydrogen) atoms. The molecule has 784 valence electrons. The third-order valence-electron chi connectivity index (χ3n) is 22.3. The Kier molecular flexibility index (Phi) is 42.6. The van der Waals surface area contributed by atoms with Gasteiger partial charge in [-0.15, -0.1) is 90.7 Å². The van der Waals surface area contributed by atoms with Crippen LogP contribution in [0.3, 0.4) is 0 Å². The van der Waals surface area contributed by atoms with Gasteiger partial charge in [0.25, 0.3) is 0 Å². The molecule has 0 spiro atoms. The number of aromatic nitrogens is 4. The Bertz CT molecular complexity index is 6580. The molecule has 8 amide bonds. The Balaban J connectivity index is 0.000000194. The summed E-state index contributed by atoms with van der Waals surface area (Å²) in [4.78, 5) is 132. The minimum absolute atomic E-state index is 0. The van der Waals surface area contributed by atoms with Gasteiger partial charge < -0.3 is 90.4 Å². The minimum Gasteiger partial charge on any atom is -0.444 e. The molecule has 4 aliphatic heterocycles. The molecule has 4 unspecified atom stereocenters. The first kappa shape index (κ1) is 118. The Morgan fingerprint density at radius 1 is 0.407 bits per heavy atom. The smallest absolute Gasteiger partial charge is 0.410 e. The summed E-state index contributed by atoms with van der Waals surface area (Å²) in [6.07, 6.45) is 4.56. The monoisotopic (exact) mass is 2390 g/mol. The van der Waals surface area contributed by atoms with Crippen molar-refractivity contribution < 1.29 is 71.5 Å². The topological polar surface area (TPSA) is 364 Å². The normalized spacial score (nSPS) is 15.3. The predicted octanol–water partition coefficient (Wildman–Crippen LogP) is 26.5. The number of benzene rings is 4. The highest BCUT2D eigenvalue weighted by Gasteiger charge is 2.42. The van der Waals surface area contributed by atoms with Crippen LogP contribution in [-0.2, 0) is 91.1 Å². The second kappa shape index (κ2) is 52.2. The van der Waals surface area contributed by atoms with Gasteiger partial charge in [0.15, 0.2) is 0 Å². The second-order valence-electron chi connectivity index (χ2n) is 38.0. The van der Waals surface area contributed by atoms with Crippen molar-refractivity contribution in [1.82, 2.24) is 50.2 Å². The van der Waals surface area contributed by atoms with Crippen LogP contribution in [0.4, 0.5) is 39.2 Å². The van der Waals surface area contributed by atoms with Gasteiger partial charge in [-0.3, -0.25) is 19.2 Å². The molecule has 8 aromatic heterocycles. The van der Waals surface area contributed by atoms with Crippen molar-refractivity contribution in [2.24, 2.45) is 5.73 Å². The number of nitrogens with zero attached hydrogens (tertiary/aromatic N) is 8. The number of thiazole rings is 4. The van der Waals surface area contributed by atoms with E-state index in [9.17, 15) is 38.4 Å². The van der Waals surface area contributed by atoms with E-state index in [0.717, 1.165) is 163 Å². The Morgan fingerprint density at radius 3 is 0.972 bits per heavy atom. The average molecular weight is 2400 g/mol. The van der Waals surface area contributed by atoms with Crippen molar-refractivity contribution in [3.63, 3.8) is 0 Å². The molecule has 0 aliphatic carbocycles. The van der Waals surface area contributed by atoms with Crippen LogP contribution in [0.5, 0.6) is 0 Å². The number of fused-ring (bicyclic) bond motifs is 8. The van der Waals surface area contributed by atoms with Gasteiger partial charge in [0.2, 0.25) is 23.6 Å². The van der Waals surface area contributed by atoms with Gasteiger partial charge in [0.05, 0.1) is 85.9 Å². The highest BCUT2D eigenvalue weighted by Crippen LogP contribution is 2.54. The van der Waals surface area contributed by atoms with E-state index in [4.69, 9.17) is 54.1 Å². The first-order valence-corrected chi connectivity index (χ1v) is 56.3. The highest BCUT2D eigenvalue weighted by atomic mass is 79.9. The molecule has 0 saturated carbocycles. The number of hydrogen-bond acceptors (Lipinski definition) is 30. The summed E-state index contributed by atoms with van der Waals surface area (Å²) >= 11 is 26.5. The zero-order valence-electron chi connectivity index (χ0n) is 83.6. The number of halogens is 4. The van der Waals surface area contributed by atoms with Crippen LogP contribution < -0.4 is 37.6 Å². The van der Waals surface area contributed by atoms with E-state index in [-0.39, 0.29) is 87.0 Å². The number of thiophene rings is 4. The van der Waals surface area contributed by atoms with Crippen LogP contribution in [0.15, 0.2) is 116 Å². The number of methoxy groups -OCH3 is 3. The summed E-state index contributed by atoms with van der Waals surface area (Å²) in [6.45, 7) is 44.6. The van der Waals surface area contributed by atoms with Crippen molar-refractivity contribution >= 4 is 263 Å². The SMILES string of the molecule is C.C.C=CC(=O)Nc1sc2c(c1-c1nc3cc(Br)ccc3s1)CC(C)N(C(=O)OC(C)(C)C)C2.C=CC(=O)Nc1sc2c(c1-c1nc3cc(Br)ccc3s1)CCN(C(=O)OC(C)(C)C)C2C.COCCN.COCCNCCC(=O)Nc1sc2c(c1-c1nc3cc(Br)ccc3s1)CC(C)N(C(=O)OC(C)(C)C)C2.COCCNCCC(=O)Nc1sc2c(c1-c1nc3cc(Br)ccc3s1)CCN(C(=O)OC(C)(C)C)C2C. The molecule has 0 fully saturated rings. The molecule has 42 heteroatoms. The third-order valence-corrected chi connectivity index (χ3v) is 33.4. The van der Waals surface area contributed by atoms with Crippen LogP contribution in [0.2, 0.25) is 0 Å². The third kappa shape index (κ3) is 31.3. The van der Waals surface area contributed by atoms with E-state index >= 15 is 0 Å². The van der Waals surface area contributed by atoms with Gasteiger partial charge in [0, 0.05) is 152 Å². The number of anilines is 4. The molecule has 0 radical (unpaired) electrons. The molecule has 0 bridgehead atoms. The minimum atomic E-state index is -0.566. The molecule has 8 N–H and O–H groups in total. The molecule has 4 atom stereocenters. The van der Waals surface area contributed by atoms with E-state index in [0.29, 0.717) is 117 Å². The number of nitrogens with two attached hydrogens (primary N) is 1. The number of carbonyl (C=O) groups is 8. The van der Waals surface area contributed by atoms with Crippen LogP contribution in [0.1, 0.15) is 192 Å². The van der Waals surface area contributed by atoms with E-state index < -0.39 is 22.4 Å².